The lowest BCUT2D eigenvalue weighted by Gasteiger charge is -2.17. The van der Waals surface area contributed by atoms with E-state index in [0.29, 0.717) is 12.2 Å². The van der Waals surface area contributed by atoms with E-state index in [2.05, 4.69) is 17.4 Å². The van der Waals surface area contributed by atoms with Gasteiger partial charge in [0.15, 0.2) is 0 Å². The van der Waals surface area contributed by atoms with Crippen molar-refractivity contribution in [3.63, 3.8) is 0 Å². The number of methoxy groups -OCH3 is 1. The van der Waals surface area contributed by atoms with Crippen LogP contribution in [0.1, 0.15) is 30.4 Å². The lowest BCUT2D eigenvalue weighted by Crippen LogP contribution is -2.41. The summed E-state index contributed by atoms with van der Waals surface area (Å²) in [6.07, 6.45) is -0.284. The van der Waals surface area contributed by atoms with Crippen LogP contribution in [0.15, 0.2) is 48.5 Å². The molecule has 2 aromatic rings. The Kier molecular flexibility index (Phi) is 7.76. The standard InChI is InChI=1S/C23H27NO5S/c1-15(28-2)14-30-12-11-21(22(25)26)24-23(27)29-13-20-18-9-5-3-7-16(18)17-8-4-6-10-19(17)20/h3-10,15,20-21H,11-14H2,1-2H3,(H,24,27)(H,25,26). The van der Waals surface area contributed by atoms with Crippen LogP contribution in [0.3, 0.4) is 0 Å². The molecule has 7 heteroatoms. The smallest absolute Gasteiger partial charge is 0.407 e. The SMILES string of the molecule is COC(C)CSCCC(NC(=O)OCC1c2ccccc2-c2ccccc21)C(=O)O. The van der Waals surface area contributed by atoms with E-state index in [4.69, 9.17) is 9.47 Å². The van der Waals surface area contributed by atoms with Crippen molar-refractivity contribution in [2.75, 3.05) is 25.2 Å². The van der Waals surface area contributed by atoms with Crippen LogP contribution < -0.4 is 5.32 Å². The normalized spacial score (nSPS) is 14.5. The Hall–Kier alpha value is -2.51. The number of rotatable bonds is 10. The fraction of sp³-hybridized carbons (Fsp3) is 0.391. The van der Waals surface area contributed by atoms with Crippen LogP contribution in [0, 0.1) is 0 Å². The monoisotopic (exact) mass is 429 g/mol. The Morgan fingerprint density at radius 2 is 1.70 bits per heavy atom. The Balaban J connectivity index is 1.55. The fourth-order valence-electron chi connectivity index (χ4n) is 3.56. The minimum atomic E-state index is -1.07. The van der Waals surface area contributed by atoms with Crippen molar-refractivity contribution in [2.45, 2.75) is 31.4 Å². The summed E-state index contributed by atoms with van der Waals surface area (Å²) in [7, 11) is 1.64. The minimum Gasteiger partial charge on any atom is -0.480 e. The van der Waals surface area contributed by atoms with Crippen LogP contribution in [0.4, 0.5) is 4.79 Å². The predicted octanol–water partition coefficient (Wildman–Crippen LogP) is 4.14. The largest absolute Gasteiger partial charge is 0.480 e. The first-order chi connectivity index (χ1) is 14.5. The summed E-state index contributed by atoms with van der Waals surface area (Å²) in [6.45, 7) is 2.11. The molecule has 160 valence electrons. The predicted molar refractivity (Wildman–Crippen MR) is 118 cm³/mol. The highest BCUT2D eigenvalue weighted by molar-refractivity contribution is 7.99. The van der Waals surface area contributed by atoms with Gasteiger partial charge in [-0.1, -0.05) is 48.5 Å². The Bertz CT molecular complexity index is 842. The fourth-order valence-corrected chi connectivity index (χ4v) is 4.60. The van der Waals surface area contributed by atoms with Crippen molar-refractivity contribution < 1.29 is 24.2 Å². The number of hydrogen-bond acceptors (Lipinski definition) is 5. The van der Waals surface area contributed by atoms with Gasteiger partial charge in [0.2, 0.25) is 0 Å². The molecule has 30 heavy (non-hydrogen) atoms. The molecular weight excluding hydrogens is 402 g/mol. The third kappa shape index (κ3) is 5.34. The summed E-state index contributed by atoms with van der Waals surface area (Å²) >= 11 is 1.60. The first kappa shape index (κ1) is 22.2. The average molecular weight is 430 g/mol. The second kappa shape index (κ2) is 10.5. The summed E-state index contributed by atoms with van der Waals surface area (Å²) in [5.41, 5.74) is 4.52. The van der Waals surface area contributed by atoms with Crippen LogP contribution in [0.2, 0.25) is 0 Å². The van der Waals surface area contributed by atoms with Crippen LogP contribution in [-0.4, -0.2) is 54.5 Å². The van der Waals surface area contributed by atoms with Gasteiger partial charge < -0.3 is 19.9 Å². The zero-order valence-corrected chi connectivity index (χ0v) is 18.0. The molecule has 0 bridgehead atoms. The molecule has 0 saturated carbocycles. The molecule has 0 spiro atoms. The van der Waals surface area contributed by atoms with Gasteiger partial charge in [0.25, 0.3) is 0 Å². The Morgan fingerprint density at radius 1 is 1.10 bits per heavy atom. The van der Waals surface area contributed by atoms with E-state index in [-0.39, 0.29) is 18.6 Å². The molecule has 0 fully saturated rings. The van der Waals surface area contributed by atoms with E-state index < -0.39 is 18.1 Å². The zero-order valence-electron chi connectivity index (χ0n) is 17.2. The molecule has 0 aromatic heterocycles. The van der Waals surface area contributed by atoms with Gasteiger partial charge in [-0.3, -0.25) is 0 Å². The summed E-state index contributed by atoms with van der Waals surface area (Å²) < 4.78 is 10.6. The molecule has 1 aliphatic carbocycles. The van der Waals surface area contributed by atoms with Crippen molar-refractivity contribution in [1.82, 2.24) is 5.32 Å². The number of carbonyl (C=O) groups excluding carboxylic acids is 1. The minimum absolute atomic E-state index is 0.0579. The number of benzene rings is 2. The first-order valence-electron chi connectivity index (χ1n) is 9.96. The quantitative estimate of drug-likeness (QED) is 0.552. The lowest BCUT2D eigenvalue weighted by molar-refractivity contribution is -0.139. The molecule has 2 atom stereocenters. The van der Waals surface area contributed by atoms with Crippen LogP contribution >= 0.6 is 11.8 Å². The summed E-state index contributed by atoms with van der Waals surface area (Å²) in [5, 5.41) is 11.9. The number of carboxylic acid groups (broad SMARTS) is 1. The first-order valence-corrected chi connectivity index (χ1v) is 11.1. The van der Waals surface area contributed by atoms with E-state index in [1.165, 1.54) is 0 Å². The summed E-state index contributed by atoms with van der Waals surface area (Å²) in [5.74, 6) is 0.253. The number of carboxylic acids is 1. The molecular formula is C23H27NO5S. The Morgan fingerprint density at radius 3 is 2.27 bits per heavy atom. The maximum Gasteiger partial charge on any atom is 0.407 e. The topological polar surface area (TPSA) is 84.9 Å². The third-order valence-electron chi connectivity index (χ3n) is 5.24. The van der Waals surface area contributed by atoms with Gasteiger partial charge in [0.1, 0.15) is 12.6 Å². The highest BCUT2D eigenvalue weighted by Crippen LogP contribution is 2.44. The molecule has 1 aliphatic rings. The molecule has 0 heterocycles. The number of thioether (sulfide) groups is 1. The van der Waals surface area contributed by atoms with Crippen molar-refractivity contribution in [2.24, 2.45) is 0 Å². The van der Waals surface area contributed by atoms with Crippen LogP contribution in [-0.2, 0) is 14.3 Å². The number of fused-ring (bicyclic) bond motifs is 3. The highest BCUT2D eigenvalue weighted by atomic mass is 32.2. The van der Waals surface area contributed by atoms with E-state index in [1.807, 2.05) is 43.3 Å². The maximum absolute atomic E-state index is 12.3. The van der Waals surface area contributed by atoms with Crippen molar-refractivity contribution in [3.8, 4) is 11.1 Å². The zero-order chi connectivity index (χ0) is 21.5. The van der Waals surface area contributed by atoms with Gasteiger partial charge in [-0.2, -0.15) is 11.8 Å². The molecule has 0 saturated heterocycles. The molecule has 0 radical (unpaired) electrons. The third-order valence-corrected chi connectivity index (χ3v) is 6.47. The van der Waals surface area contributed by atoms with Crippen molar-refractivity contribution in [1.29, 1.82) is 0 Å². The van der Waals surface area contributed by atoms with E-state index >= 15 is 0 Å². The number of amides is 1. The molecule has 2 N–H and O–H groups in total. The molecule has 1 amide bonds. The summed E-state index contributed by atoms with van der Waals surface area (Å²) in [6, 6.07) is 15.2. The number of ether oxygens (including phenoxy) is 2. The molecule has 2 unspecified atom stereocenters. The van der Waals surface area contributed by atoms with Gasteiger partial charge in [0, 0.05) is 18.8 Å². The van der Waals surface area contributed by atoms with Crippen LogP contribution in [0.5, 0.6) is 0 Å². The molecule has 3 rings (SSSR count). The highest BCUT2D eigenvalue weighted by Gasteiger charge is 2.29. The molecule has 2 aromatic carbocycles. The van der Waals surface area contributed by atoms with E-state index in [1.54, 1.807) is 18.9 Å². The van der Waals surface area contributed by atoms with E-state index in [0.717, 1.165) is 28.0 Å². The number of aliphatic carboxylic acids is 1. The van der Waals surface area contributed by atoms with Gasteiger partial charge in [-0.15, -0.1) is 0 Å². The lowest BCUT2D eigenvalue weighted by atomic mass is 9.98. The van der Waals surface area contributed by atoms with Crippen molar-refractivity contribution >= 4 is 23.8 Å². The molecule has 6 nitrogen and oxygen atoms in total. The maximum atomic E-state index is 12.3. The van der Waals surface area contributed by atoms with Crippen LogP contribution in [0.25, 0.3) is 11.1 Å². The number of carbonyl (C=O) groups is 2. The average Bonchev–Trinajstić information content (AvgIpc) is 3.07. The van der Waals surface area contributed by atoms with Gasteiger partial charge in [-0.25, -0.2) is 9.59 Å². The number of alkyl carbamates (subject to hydrolysis) is 1. The number of hydrogen-bond donors (Lipinski definition) is 2. The molecule has 0 aliphatic heterocycles. The van der Waals surface area contributed by atoms with Crippen molar-refractivity contribution in [3.05, 3.63) is 59.7 Å². The van der Waals surface area contributed by atoms with Gasteiger partial charge in [0.05, 0.1) is 6.10 Å². The second-order valence-corrected chi connectivity index (χ2v) is 8.42. The number of nitrogens with one attached hydrogen (secondary N) is 1. The van der Waals surface area contributed by atoms with E-state index in [9.17, 15) is 14.7 Å². The summed E-state index contributed by atoms with van der Waals surface area (Å²) in [4.78, 5) is 23.8. The van der Waals surface area contributed by atoms with Gasteiger partial charge >= 0.3 is 12.1 Å². The van der Waals surface area contributed by atoms with Gasteiger partial charge in [-0.05, 0) is 41.4 Å². The Labute approximate surface area is 181 Å². The second-order valence-electron chi connectivity index (χ2n) is 7.27.